The van der Waals surface area contributed by atoms with Crippen molar-refractivity contribution in [3.05, 3.63) is 0 Å². The molecule has 1 aliphatic rings. The van der Waals surface area contributed by atoms with Crippen molar-refractivity contribution >= 4 is 24.2 Å². The van der Waals surface area contributed by atoms with E-state index in [1.807, 2.05) is 0 Å². The second kappa shape index (κ2) is 7.50. The lowest BCUT2D eigenvalue weighted by Gasteiger charge is -2.14. The third-order valence-electron chi connectivity index (χ3n) is 3.03. The summed E-state index contributed by atoms with van der Waals surface area (Å²) >= 11 is 0. The maximum Gasteiger partial charge on any atom is 0.239 e. The van der Waals surface area contributed by atoms with Gasteiger partial charge in [0.1, 0.15) is 0 Å². The third kappa shape index (κ3) is 5.89. The fraction of sp³-hybridized carbons (Fsp3) is 0.818. The molecule has 17 heavy (non-hydrogen) atoms. The first-order valence-electron chi connectivity index (χ1n) is 5.85. The topological polar surface area (TPSA) is 84.2 Å². The zero-order valence-corrected chi connectivity index (χ0v) is 11.1. The molecule has 100 valence electrons. The molecule has 0 heterocycles. The van der Waals surface area contributed by atoms with Gasteiger partial charge >= 0.3 is 0 Å². The number of hydrogen-bond donors (Lipinski definition) is 3. The Hall–Kier alpha value is -0.810. The Balaban J connectivity index is 0.00000256. The molecule has 0 atom stereocenters. The summed E-state index contributed by atoms with van der Waals surface area (Å²) in [5.41, 5.74) is 5.46. The predicted octanol–water partition coefficient (Wildman–Crippen LogP) is 0.180. The number of halogens is 1. The van der Waals surface area contributed by atoms with Crippen molar-refractivity contribution in [2.45, 2.75) is 32.6 Å². The van der Waals surface area contributed by atoms with Gasteiger partial charge in [-0.3, -0.25) is 9.59 Å². The van der Waals surface area contributed by atoms with Crippen molar-refractivity contribution in [2.75, 3.05) is 19.6 Å². The molecule has 0 spiro atoms. The quantitative estimate of drug-likeness (QED) is 0.613. The van der Waals surface area contributed by atoms with E-state index in [1.54, 1.807) is 0 Å². The van der Waals surface area contributed by atoms with Crippen molar-refractivity contribution in [3.63, 3.8) is 0 Å². The molecule has 0 aromatic carbocycles. The highest BCUT2D eigenvalue weighted by Gasteiger charge is 2.41. The first-order valence-corrected chi connectivity index (χ1v) is 5.85. The zero-order valence-electron chi connectivity index (χ0n) is 10.3. The maximum absolute atomic E-state index is 11.4. The van der Waals surface area contributed by atoms with Gasteiger partial charge in [0.15, 0.2) is 0 Å². The summed E-state index contributed by atoms with van der Waals surface area (Å²) in [4.78, 5) is 22.2. The van der Waals surface area contributed by atoms with Crippen LogP contribution < -0.4 is 16.4 Å². The van der Waals surface area contributed by atoms with Crippen molar-refractivity contribution in [2.24, 2.45) is 11.1 Å². The molecule has 4 N–H and O–H groups in total. The van der Waals surface area contributed by atoms with Gasteiger partial charge in [0.05, 0.1) is 13.1 Å². The molecule has 0 bridgehead atoms. The highest BCUT2D eigenvalue weighted by Crippen LogP contribution is 2.48. The van der Waals surface area contributed by atoms with Gasteiger partial charge in [0.25, 0.3) is 0 Å². The van der Waals surface area contributed by atoms with Crippen LogP contribution in [-0.2, 0) is 9.59 Å². The largest absolute Gasteiger partial charge is 0.354 e. The van der Waals surface area contributed by atoms with Crippen LogP contribution in [0.25, 0.3) is 0 Å². The number of hydrogen-bond acceptors (Lipinski definition) is 3. The Labute approximate surface area is 108 Å². The van der Waals surface area contributed by atoms with Gasteiger partial charge in [-0.15, -0.1) is 12.4 Å². The monoisotopic (exact) mass is 263 g/mol. The maximum atomic E-state index is 11.4. The van der Waals surface area contributed by atoms with Gasteiger partial charge in [-0.1, -0.05) is 13.3 Å². The first-order chi connectivity index (χ1) is 7.62. The Kier molecular flexibility index (Phi) is 7.15. The van der Waals surface area contributed by atoms with Crippen LogP contribution in [0.1, 0.15) is 32.6 Å². The van der Waals surface area contributed by atoms with Gasteiger partial charge in [-0.2, -0.15) is 0 Å². The summed E-state index contributed by atoms with van der Waals surface area (Å²) in [6.07, 6.45) is 4.73. The Bertz CT molecular complexity index is 267. The van der Waals surface area contributed by atoms with Crippen LogP contribution in [0.3, 0.4) is 0 Å². The van der Waals surface area contributed by atoms with E-state index >= 15 is 0 Å². The molecule has 0 aromatic rings. The molecule has 0 aliphatic heterocycles. The van der Waals surface area contributed by atoms with E-state index in [4.69, 9.17) is 5.73 Å². The minimum atomic E-state index is -0.301. The summed E-state index contributed by atoms with van der Waals surface area (Å²) in [7, 11) is 0. The van der Waals surface area contributed by atoms with Crippen LogP contribution in [0.15, 0.2) is 0 Å². The van der Waals surface area contributed by atoms with E-state index in [0.717, 1.165) is 13.0 Å². The van der Waals surface area contributed by atoms with Crippen LogP contribution in [0.4, 0.5) is 0 Å². The number of amides is 2. The van der Waals surface area contributed by atoms with Gasteiger partial charge in [-0.05, 0) is 24.7 Å². The Morgan fingerprint density at radius 2 is 1.88 bits per heavy atom. The van der Waals surface area contributed by atoms with Crippen LogP contribution in [0.5, 0.6) is 0 Å². The summed E-state index contributed by atoms with van der Waals surface area (Å²) < 4.78 is 0. The lowest BCUT2D eigenvalue weighted by Crippen LogP contribution is -2.41. The SMILES string of the molecule is CCCC1(CNC(=O)CNC(=O)CN)CC1.Cl. The van der Waals surface area contributed by atoms with Crippen LogP contribution >= 0.6 is 12.4 Å². The molecule has 0 saturated heterocycles. The van der Waals surface area contributed by atoms with Crippen molar-refractivity contribution in [1.29, 1.82) is 0 Å². The fourth-order valence-electron chi connectivity index (χ4n) is 1.82. The van der Waals surface area contributed by atoms with Crippen LogP contribution in [0, 0.1) is 5.41 Å². The highest BCUT2D eigenvalue weighted by atomic mass is 35.5. The molecule has 0 aromatic heterocycles. The van der Waals surface area contributed by atoms with E-state index in [2.05, 4.69) is 17.6 Å². The summed E-state index contributed by atoms with van der Waals surface area (Å²) in [5, 5.41) is 5.30. The van der Waals surface area contributed by atoms with Crippen LogP contribution in [-0.4, -0.2) is 31.4 Å². The average Bonchev–Trinajstić information content (AvgIpc) is 3.04. The smallest absolute Gasteiger partial charge is 0.239 e. The van der Waals surface area contributed by atoms with Crippen molar-refractivity contribution in [3.8, 4) is 0 Å². The second-order valence-electron chi connectivity index (χ2n) is 4.51. The first kappa shape index (κ1) is 16.2. The number of nitrogens with two attached hydrogens (primary N) is 1. The molecule has 1 saturated carbocycles. The number of carbonyl (C=O) groups is 2. The average molecular weight is 264 g/mol. The molecule has 2 amide bonds. The molecular formula is C11H22ClN3O2. The number of nitrogens with one attached hydrogen (secondary N) is 2. The van der Waals surface area contributed by atoms with Gasteiger partial charge in [-0.25, -0.2) is 0 Å². The van der Waals surface area contributed by atoms with Crippen molar-refractivity contribution in [1.82, 2.24) is 10.6 Å². The molecular weight excluding hydrogens is 242 g/mol. The molecule has 6 heteroatoms. The number of carbonyl (C=O) groups excluding carboxylic acids is 2. The standard InChI is InChI=1S/C11H21N3O2.ClH/c1-2-3-11(4-5-11)8-14-10(16)7-13-9(15)6-12;/h2-8,12H2,1H3,(H,13,15)(H,14,16);1H. The normalized spacial score (nSPS) is 15.6. The number of rotatable bonds is 7. The second-order valence-corrected chi connectivity index (χ2v) is 4.51. The van der Waals surface area contributed by atoms with Gasteiger partial charge < -0.3 is 16.4 Å². The van der Waals surface area contributed by atoms with Gasteiger partial charge in [0, 0.05) is 6.54 Å². The predicted molar refractivity (Wildman–Crippen MR) is 68.9 cm³/mol. The molecule has 1 aliphatic carbocycles. The van der Waals surface area contributed by atoms with Crippen molar-refractivity contribution < 1.29 is 9.59 Å². The zero-order chi connectivity index (χ0) is 12.0. The van der Waals surface area contributed by atoms with E-state index in [1.165, 1.54) is 19.3 Å². The van der Waals surface area contributed by atoms with E-state index < -0.39 is 0 Å². The lowest BCUT2D eigenvalue weighted by atomic mass is 10.0. The molecule has 0 unspecified atom stereocenters. The molecule has 1 fully saturated rings. The third-order valence-corrected chi connectivity index (χ3v) is 3.03. The van der Waals surface area contributed by atoms with Gasteiger partial charge in [0.2, 0.25) is 11.8 Å². The minimum absolute atomic E-state index is 0. The van der Waals surface area contributed by atoms with E-state index in [0.29, 0.717) is 5.41 Å². The van der Waals surface area contributed by atoms with E-state index in [9.17, 15) is 9.59 Å². The Morgan fingerprint density at radius 1 is 1.24 bits per heavy atom. The minimum Gasteiger partial charge on any atom is -0.354 e. The summed E-state index contributed by atoms with van der Waals surface area (Å²) in [5.74, 6) is -0.436. The fourth-order valence-corrected chi connectivity index (χ4v) is 1.82. The molecule has 1 rings (SSSR count). The summed E-state index contributed by atoms with van der Waals surface area (Å²) in [6, 6.07) is 0. The lowest BCUT2D eigenvalue weighted by molar-refractivity contribution is -0.125. The molecule has 0 radical (unpaired) electrons. The molecule has 5 nitrogen and oxygen atoms in total. The van der Waals surface area contributed by atoms with E-state index in [-0.39, 0.29) is 37.3 Å². The highest BCUT2D eigenvalue weighted by molar-refractivity contribution is 5.85. The Morgan fingerprint density at radius 3 is 2.35 bits per heavy atom. The van der Waals surface area contributed by atoms with Crippen LogP contribution in [0.2, 0.25) is 0 Å². The summed E-state index contributed by atoms with van der Waals surface area (Å²) in [6.45, 7) is 2.84.